The van der Waals surface area contributed by atoms with Crippen molar-refractivity contribution in [1.82, 2.24) is 16.0 Å². The fourth-order valence-corrected chi connectivity index (χ4v) is 3.26. The van der Waals surface area contributed by atoms with E-state index in [1.54, 1.807) is 29.3 Å². The summed E-state index contributed by atoms with van der Waals surface area (Å²) >= 11 is 2.95. The van der Waals surface area contributed by atoms with Gasteiger partial charge in [-0.3, -0.25) is 14.4 Å². The number of benzene rings is 1. The lowest BCUT2D eigenvalue weighted by Gasteiger charge is -2.07. The molecule has 0 aliphatic carbocycles. The monoisotopic (exact) mass is 377 g/mol. The highest BCUT2D eigenvalue weighted by molar-refractivity contribution is 7.99. The first-order chi connectivity index (χ1) is 12.1. The normalized spacial score (nSPS) is 10.1. The van der Waals surface area contributed by atoms with Gasteiger partial charge < -0.3 is 16.0 Å². The summed E-state index contributed by atoms with van der Waals surface area (Å²) in [6.45, 7) is 0.251. The Balaban J connectivity index is 1.53. The van der Waals surface area contributed by atoms with Crippen molar-refractivity contribution in [2.45, 2.75) is 4.90 Å². The van der Waals surface area contributed by atoms with E-state index < -0.39 is 5.91 Å². The summed E-state index contributed by atoms with van der Waals surface area (Å²) in [6, 6.07) is 13.4. The van der Waals surface area contributed by atoms with Crippen LogP contribution in [0.5, 0.6) is 0 Å². The number of carbonyl (C=O) groups excluding carboxylic acids is 3. The van der Waals surface area contributed by atoms with Gasteiger partial charge in [0.05, 0.1) is 18.0 Å². The van der Waals surface area contributed by atoms with Gasteiger partial charge in [-0.05, 0) is 23.6 Å². The topological polar surface area (TPSA) is 87.3 Å². The van der Waals surface area contributed by atoms with E-state index >= 15 is 0 Å². The predicted octanol–water partition coefficient (Wildman–Crippen LogP) is 1.50. The van der Waals surface area contributed by atoms with Crippen molar-refractivity contribution < 1.29 is 14.4 Å². The minimum Gasteiger partial charge on any atom is -0.354 e. The van der Waals surface area contributed by atoms with Crippen molar-refractivity contribution in [3.05, 3.63) is 52.7 Å². The molecule has 0 atom stereocenters. The molecule has 1 aromatic heterocycles. The maximum absolute atomic E-state index is 11.7. The van der Waals surface area contributed by atoms with E-state index in [-0.39, 0.29) is 24.9 Å². The van der Waals surface area contributed by atoms with E-state index in [1.165, 1.54) is 11.3 Å². The van der Waals surface area contributed by atoms with Crippen molar-refractivity contribution >= 4 is 40.8 Å². The fraction of sp³-hybridized carbons (Fsp3) is 0.235. The fourth-order valence-electron chi connectivity index (χ4n) is 1.84. The number of rotatable bonds is 9. The largest absolute Gasteiger partial charge is 0.354 e. The quantitative estimate of drug-likeness (QED) is 0.457. The zero-order valence-corrected chi connectivity index (χ0v) is 15.1. The van der Waals surface area contributed by atoms with E-state index in [9.17, 15) is 14.4 Å². The Kier molecular flexibility index (Phi) is 8.00. The molecule has 3 N–H and O–H groups in total. The van der Waals surface area contributed by atoms with E-state index in [2.05, 4.69) is 16.0 Å². The third kappa shape index (κ3) is 7.40. The molecule has 0 saturated heterocycles. The summed E-state index contributed by atoms with van der Waals surface area (Å²) in [6.07, 6.45) is 0. The number of carbonyl (C=O) groups is 3. The SMILES string of the molecule is O=C(CNC(=O)CNC(=O)c1cccs1)NCCSc1ccccc1. The lowest BCUT2D eigenvalue weighted by atomic mass is 10.4. The number of hydrogen-bond donors (Lipinski definition) is 3. The van der Waals surface area contributed by atoms with Crippen LogP contribution in [0.25, 0.3) is 0 Å². The molecule has 8 heteroatoms. The standard InChI is InChI=1S/C17H19N3O3S2/c21-15(18-8-10-24-13-5-2-1-3-6-13)11-19-16(22)12-20-17(23)14-7-4-9-25-14/h1-7,9H,8,10-12H2,(H,18,21)(H,19,22)(H,20,23). The van der Waals surface area contributed by atoms with Gasteiger partial charge in [0, 0.05) is 17.2 Å². The summed E-state index contributed by atoms with van der Waals surface area (Å²) in [5.41, 5.74) is 0. The molecular weight excluding hydrogens is 358 g/mol. The molecule has 1 aromatic carbocycles. The Morgan fingerprint density at radius 3 is 2.32 bits per heavy atom. The van der Waals surface area contributed by atoms with Crippen LogP contribution >= 0.6 is 23.1 Å². The van der Waals surface area contributed by atoms with Crippen LogP contribution in [0.1, 0.15) is 9.67 Å². The van der Waals surface area contributed by atoms with Gasteiger partial charge in [0.15, 0.2) is 0 Å². The Bertz CT molecular complexity index is 690. The maximum atomic E-state index is 11.7. The van der Waals surface area contributed by atoms with Crippen LogP contribution in [0.4, 0.5) is 0 Å². The summed E-state index contributed by atoms with van der Waals surface area (Å²) in [5, 5.41) is 9.50. The molecule has 0 fully saturated rings. The van der Waals surface area contributed by atoms with Crippen molar-refractivity contribution in [2.24, 2.45) is 0 Å². The smallest absolute Gasteiger partial charge is 0.261 e. The van der Waals surface area contributed by atoms with E-state index in [0.29, 0.717) is 11.4 Å². The molecule has 0 aliphatic heterocycles. The average Bonchev–Trinajstić information content (AvgIpc) is 3.17. The van der Waals surface area contributed by atoms with Gasteiger partial charge in [-0.1, -0.05) is 24.3 Å². The Morgan fingerprint density at radius 1 is 0.880 bits per heavy atom. The van der Waals surface area contributed by atoms with Gasteiger partial charge >= 0.3 is 0 Å². The Morgan fingerprint density at radius 2 is 1.60 bits per heavy atom. The third-order valence-electron chi connectivity index (χ3n) is 3.04. The predicted molar refractivity (Wildman–Crippen MR) is 99.8 cm³/mol. The van der Waals surface area contributed by atoms with Gasteiger partial charge in [-0.25, -0.2) is 0 Å². The number of nitrogens with one attached hydrogen (secondary N) is 3. The molecule has 25 heavy (non-hydrogen) atoms. The molecule has 2 aromatic rings. The molecule has 3 amide bonds. The summed E-state index contributed by atoms with van der Waals surface area (Å²) in [5.74, 6) is -0.210. The summed E-state index contributed by atoms with van der Waals surface area (Å²) in [7, 11) is 0. The van der Waals surface area contributed by atoms with Crippen LogP contribution in [0.15, 0.2) is 52.7 Å². The Labute approximate surface area is 154 Å². The van der Waals surface area contributed by atoms with E-state index in [1.807, 2.05) is 30.3 Å². The van der Waals surface area contributed by atoms with Crippen LogP contribution < -0.4 is 16.0 Å². The minimum absolute atomic E-state index is 0.107. The molecular formula is C17H19N3O3S2. The molecule has 0 radical (unpaired) electrons. The van der Waals surface area contributed by atoms with E-state index in [0.717, 1.165) is 10.6 Å². The third-order valence-corrected chi connectivity index (χ3v) is 4.92. The highest BCUT2D eigenvalue weighted by Gasteiger charge is 2.09. The van der Waals surface area contributed by atoms with Crippen LogP contribution in [0.3, 0.4) is 0 Å². The molecule has 0 bridgehead atoms. The first kappa shape index (κ1) is 19.0. The first-order valence-corrected chi connectivity index (χ1v) is 9.54. The summed E-state index contributed by atoms with van der Waals surface area (Å²) < 4.78 is 0. The molecule has 0 unspecified atom stereocenters. The summed E-state index contributed by atoms with van der Waals surface area (Å²) in [4.78, 5) is 36.7. The number of amides is 3. The molecule has 0 saturated carbocycles. The highest BCUT2D eigenvalue weighted by atomic mass is 32.2. The second kappa shape index (κ2) is 10.5. The van der Waals surface area contributed by atoms with Crippen LogP contribution in [0.2, 0.25) is 0 Å². The van der Waals surface area contributed by atoms with Gasteiger partial charge in [0.2, 0.25) is 11.8 Å². The lowest BCUT2D eigenvalue weighted by molar-refractivity contribution is -0.125. The van der Waals surface area contributed by atoms with Crippen molar-refractivity contribution in [2.75, 3.05) is 25.4 Å². The molecule has 6 nitrogen and oxygen atoms in total. The number of thioether (sulfide) groups is 1. The molecule has 0 aliphatic rings. The zero-order chi connectivity index (χ0) is 17.9. The van der Waals surface area contributed by atoms with Gasteiger partial charge in [-0.2, -0.15) is 0 Å². The van der Waals surface area contributed by atoms with Crippen LogP contribution in [-0.2, 0) is 9.59 Å². The average molecular weight is 377 g/mol. The minimum atomic E-state index is -0.404. The maximum Gasteiger partial charge on any atom is 0.261 e. The van der Waals surface area contributed by atoms with E-state index in [4.69, 9.17) is 0 Å². The zero-order valence-electron chi connectivity index (χ0n) is 13.5. The molecule has 2 rings (SSSR count). The molecule has 1 heterocycles. The molecule has 132 valence electrons. The van der Waals surface area contributed by atoms with Crippen molar-refractivity contribution in [3.8, 4) is 0 Å². The highest BCUT2D eigenvalue weighted by Crippen LogP contribution is 2.15. The van der Waals surface area contributed by atoms with Gasteiger partial charge in [-0.15, -0.1) is 23.1 Å². The van der Waals surface area contributed by atoms with Gasteiger partial charge in [0.25, 0.3) is 5.91 Å². The second-order valence-corrected chi connectivity index (χ2v) is 7.06. The second-order valence-electron chi connectivity index (χ2n) is 4.95. The lowest BCUT2D eigenvalue weighted by Crippen LogP contribution is -2.42. The van der Waals surface area contributed by atoms with Crippen LogP contribution in [-0.4, -0.2) is 43.1 Å². The van der Waals surface area contributed by atoms with Crippen molar-refractivity contribution in [3.63, 3.8) is 0 Å². The van der Waals surface area contributed by atoms with Crippen molar-refractivity contribution in [1.29, 1.82) is 0 Å². The van der Waals surface area contributed by atoms with Crippen LogP contribution in [0, 0.1) is 0 Å². The number of thiophene rings is 1. The van der Waals surface area contributed by atoms with Gasteiger partial charge in [0.1, 0.15) is 0 Å². The first-order valence-electron chi connectivity index (χ1n) is 7.68. The Hall–Kier alpha value is -2.32. The number of hydrogen-bond acceptors (Lipinski definition) is 5. The molecule has 0 spiro atoms.